The third kappa shape index (κ3) is 3.97. The van der Waals surface area contributed by atoms with Crippen LogP contribution < -0.4 is 5.56 Å². The quantitative estimate of drug-likeness (QED) is 0.454. The van der Waals surface area contributed by atoms with Gasteiger partial charge in [0.05, 0.1) is 35.1 Å². The molecule has 1 amide bonds. The van der Waals surface area contributed by atoms with Crippen molar-refractivity contribution in [1.82, 2.24) is 14.5 Å². The number of ether oxygens (including phenoxy) is 1. The molecule has 1 saturated heterocycles. The second-order valence-electron chi connectivity index (χ2n) is 7.13. The van der Waals surface area contributed by atoms with Gasteiger partial charge in [-0.2, -0.15) is 0 Å². The number of halogens is 1. The van der Waals surface area contributed by atoms with Crippen LogP contribution in [0.3, 0.4) is 0 Å². The van der Waals surface area contributed by atoms with Crippen LogP contribution in [0.15, 0.2) is 52.4 Å². The lowest BCUT2D eigenvalue weighted by atomic mass is 10.2. The molecule has 0 saturated carbocycles. The average Bonchev–Trinajstić information content (AvgIpc) is 2.76. The third-order valence-corrected chi connectivity index (χ3v) is 6.63. The second-order valence-corrected chi connectivity index (χ2v) is 8.85. The predicted molar refractivity (Wildman–Crippen MR) is 120 cm³/mol. The van der Waals surface area contributed by atoms with Gasteiger partial charge in [0.2, 0.25) is 5.91 Å². The van der Waals surface area contributed by atoms with Crippen LogP contribution >= 0.6 is 23.4 Å². The Labute approximate surface area is 183 Å². The first-order chi connectivity index (χ1) is 14.5. The highest BCUT2D eigenvalue weighted by molar-refractivity contribution is 8.00. The first-order valence-corrected chi connectivity index (χ1v) is 11.0. The summed E-state index contributed by atoms with van der Waals surface area (Å²) in [5.41, 5.74) is 1.87. The van der Waals surface area contributed by atoms with E-state index in [1.54, 1.807) is 21.6 Å². The molecular weight excluding hydrogens is 422 g/mol. The SMILES string of the molecule is Cc1c(Cl)cccc1-n1c(SC(C)C(=O)N2CCOCC2)nc2ccccc2c1=O. The number of fused-ring (bicyclic) bond motifs is 1. The average molecular weight is 444 g/mol. The molecule has 1 unspecified atom stereocenters. The van der Waals surface area contributed by atoms with Crippen molar-refractivity contribution in [2.24, 2.45) is 0 Å². The van der Waals surface area contributed by atoms with Crippen LogP contribution in [0.1, 0.15) is 12.5 Å². The summed E-state index contributed by atoms with van der Waals surface area (Å²) in [7, 11) is 0. The maximum absolute atomic E-state index is 13.4. The van der Waals surface area contributed by atoms with E-state index in [0.717, 1.165) is 5.56 Å². The molecule has 0 spiro atoms. The van der Waals surface area contributed by atoms with E-state index in [1.807, 2.05) is 44.2 Å². The maximum Gasteiger partial charge on any atom is 0.266 e. The van der Waals surface area contributed by atoms with Gasteiger partial charge in [0.25, 0.3) is 5.56 Å². The standard InChI is InChI=1S/C22H22ClN3O3S/c1-14-17(23)7-5-9-19(14)26-21(28)16-6-3-4-8-18(16)24-22(26)30-15(2)20(27)25-10-12-29-13-11-25/h3-9,15H,10-13H2,1-2H3. The summed E-state index contributed by atoms with van der Waals surface area (Å²) in [6, 6.07) is 12.7. The lowest BCUT2D eigenvalue weighted by Gasteiger charge is -2.29. The van der Waals surface area contributed by atoms with E-state index in [4.69, 9.17) is 21.3 Å². The number of thioether (sulfide) groups is 1. The smallest absolute Gasteiger partial charge is 0.266 e. The Bertz CT molecular complexity index is 1160. The van der Waals surface area contributed by atoms with E-state index >= 15 is 0 Å². The summed E-state index contributed by atoms with van der Waals surface area (Å²) >= 11 is 7.62. The molecule has 0 aliphatic carbocycles. The molecule has 0 N–H and O–H groups in total. The Morgan fingerprint density at radius 1 is 1.17 bits per heavy atom. The lowest BCUT2D eigenvalue weighted by molar-refractivity contribution is -0.134. The van der Waals surface area contributed by atoms with Gasteiger partial charge in [0.15, 0.2) is 5.16 Å². The minimum atomic E-state index is -0.401. The first kappa shape index (κ1) is 20.9. The van der Waals surface area contributed by atoms with Gasteiger partial charge in [-0.3, -0.25) is 14.2 Å². The van der Waals surface area contributed by atoms with Crippen LogP contribution in [0.2, 0.25) is 5.02 Å². The molecule has 0 bridgehead atoms. The number of nitrogens with zero attached hydrogens (tertiary/aromatic N) is 3. The number of carbonyl (C=O) groups excluding carboxylic acids is 1. The zero-order valence-corrected chi connectivity index (χ0v) is 18.4. The highest BCUT2D eigenvalue weighted by atomic mass is 35.5. The lowest BCUT2D eigenvalue weighted by Crippen LogP contribution is -2.44. The summed E-state index contributed by atoms with van der Waals surface area (Å²) in [5, 5.41) is 1.16. The van der Waals surface area contributed by atoms with Crippen molar-refractivity contribution in [3.8, 4) is 5.69 Å². The molecule has 6 nitrogen and oxygen atoms in total. The maximum atomic E-state index is 13.4. The Balaban J connectivity index is 1.81. The van der Waals surface area contributed by atoms with Crippen molar-refractivity contribution in [2.45, 2.75) is 24.3 Å². The van der Waals surface area contributed by atoms with Gasteiger partial charge in [-0.15, -0.1) is 0 Å². The highest BCUT2D eigenvalue weighted by Gasteiger charge is 2.26. The third-order valence-electron chi connectivity index (χ3n) is 5.18. The van der Waals surface area contributed by atoms with Crippen LogP contribution in [-0.4, -0.2) is 51.9 Å². The van der Waals surface area contributed by atoms with Gasteiger partial charge in [0.1, 0.15) is 0 Å². The summed E-state index contributed by atoms with van der Waals surface area (Å²) in [4.78, 5) is 32.9. The van der Waals surface area contributed by atoms with Gasteiger partial charge in [-0.05, 0) is 43.7 Å². The van der Waals surface area contributed by atoms with Gasteiger partial charge < -0.3 is 9.64 Å². The highest BCUT2D eigenvalue weighted by Crippen LogP contribution is 2.29. The van der Waals surface area contributed by atoms with E-state index < -0.39 is 5.25 Å². The summed E-state index contributed by atoms with van der Waals surface area (Å²) < 4.78 is 6.91. The van der Waals surface area contributed by atoms with Crippen LogP contribution in [0, 0.1) is 6.92 Å². The molecule has 30 heavy (non-hydrogen) atoms. The first-order valence-electron chi connectivity index (χ1n) is 9.78. The van der Waals surface area contributed by atoms with Gasteiger partial charge in [-0.1, -0.05) is 41.6 Å². The predicted octanol–water partition coefficient (Wildman–Crippen LogP) is 3.69. The topological polar surface area (TPSA) is 64.4 Å². The minimum Gasteiger partial charge on any atom is -0.378 e. The molecule has 4 rings (SSSR count). The summed E-state index contributed by atoms with van der Waals surface area (Å²) in [6.07, 6.45) is 0. The van der Waals surface area contributed by atoms with Crippen LogP contribution in [0.25, 0.3) is 16.6 Å². The number of benzene rings is 2. The molecule has 1 atom stereocenters. The summed E-state index contributed by atoms with van der Waals surface area (Å²) in [6.45, 7) is 5.97. The normalized spacial score (nSPS) is 15.4. The number of hydrogen-bond acceptors (Lipinski definition) is 5. The van der Waals surface area contributed by atoms with Crippen LogP contribution in [0.4, 0.5) is 0 Å². The van der Waals surface area contributed by atoms with Crippen molar-refractivity contribution in [3.05, 3.63) is 63.4 Å². The van der Waals surface area contributed by atoms with Crippen LogP contribution in [-0.2, 0) is 9.53 Å². The number of carbonyl (C=O) groups is 1. The zero-order chi connectivity index (χ0) is 21.3. The Hall–Kier alpha value is -2.35. The molecule has 1 aliphatic rings. The largest absolute Gasteiger partial charge is 0.378 e. The molecular formula is C22H22ClN3O3S. The van der Waals surface area contributed by atoms with Gasteiger partial charge in [-0.25, -0.2) is 4.98 Å². The van der Waals surface area contributed by atoms with Crippen molar-refractivity contribution >= 4 is 40.2 Å². The minimum absolute atomic E-state index is 0.0140. The Morgan fingerprint density at radius 2 is 1.90 bits per heavy atom. The van der Waals surface area contributed by atoms with E-state index in [1.165, 1.54) is 11.8 Å². The number of aromatic nitrogens is 2. The molecule has 8 heteroatoms. The van der Waals surface area contributed by atoms with Crippen molar-refractivity contribution in [2.75, 3.05) is 26.3 Å². The Morgan fingerprint density at radius 3 is 2.67 bits per heavy atom. The molecule has 3 aromatic rings. The molecule has 2 heterocycles. The molecule has 2 aromatic carbocycles. The van der Waals surface area contributed by atoms with E-state index in [0.29, 0.717) is 53.1 Å². The van der Waals surface area contributed by atoms with Crippen LogP contribution in [0.5, 0.6) is 0 Å². The zero-order valence-electron chi connectivity index (χ0n) is 16.8. The number of hydrogen-bond donors (Lipinski definition) is 0. The fourth-order valence-electron chi connectivity index (χ4n) is 3.49. The fraction of sp³-hybridized carbons (Fsp3) is 0.318. The monoisotopic (exact) mass is 443 g/mol. The van der Waals surface area contributed by atoms with Crippen molar-refractivity contribution in [3.63, 3.8) is 0 Å². The van der Waals surface area contributed by atoms with Crippen molar-refractivity contribution < 1.29 is 9.53 Å². The molecule has 1 fully saturated rings. The van der Waals surface area contributed by atoms with Crippen molar-refractivity contribution in [1.29, 1.82) is 0 Å². The molecule has 0 radical (unpaired) electrons. The number of amides is 1. The van der Waals surface area contributed by atoms with E-state index in [-0.39, 0.29) is 11.5 Å². The van der Waals surface area contributed by atoms with Gasteiger partial charge >= 0.3 is 0 Å². The second kappa shape index (κ2) is 8.79. The van der Waals surface area contributed by atoms with E-state index in [2.05, 4.69) is 0 Å². The van der Waals surface area contributed by atoms with E-state index in [9.17, 15) is 9.59 Å². The number of rotatable bonds is 4. The number of morpholine rings is 1. The molecule has 1 aliphatic heterocycles. The fourth-order valence-corrected chi connectivity index (χ4v) is 4.66. The Kier molecular flexibility index (Phi) is 6.13. The molecule has 156 valence electrons. The number of para-hydroxylation sites is 1. The summed E-state index contributed by atoms with van der Waals surface area (Å²) in [5.74, 6) is 0.0140. The molecule has 1 aromatic heterocycles. The van der Waals surface area contributed by atoms with Gasteiger partial charge in [0, 0.05) is 18.1 Å².